The Morgan fingerprint density at radius 3 is 2.94 bits per heavy atom. The van der Waals surface area contributed by atoms with Crippen molar-refractivity contribution in [1.82, 2.24) is 9.97 Å². The molecule has 4 nitrogen and oxygen atoms in total. The molecule has 100 valence electrons. The van der Waals surface area contributed by atoms with Gasteiger partial charge in [-0.3, -0.25) is 0 Å². The number of anilines is 1. The lowest BCUT2D eigenvalue weighted by molar-refractivity contribution is 0.0875. The molecule has 1 saturated heterocycles. The summed E-state index contributed by atoms with van der Waals surface area (Å²) in [5, 5.41) is 3.98. The predicted octanol–water partition coefficient (Wildman–Crippen LogP) is 2.98. The summed E-state index contributed by atoms with van der Waals surface area (Å²) < 4.78 is 5.46. The highest BCUT2D eigenvalue weighted by Crippen LogP contribution is 2.22. The minimum atomic E-state index is 0.331. The normalized spacial score (nSPS) is 19.8. The van der Waals surface area contributed by atoms with Crippen LogP contribution in [0.2, 0.25) is 5.15 Å². The van der Waals surface area contributed by atoms with Gasteiger partial charge in [0.25, 0.3) is 0 Å². The fourth-order valence-electron chi connectivity index (χ4n) is 2.06. The first-order valence-electron chi connectivity index (χ1n) is 6.58. The zero-order chi connectivity index (χ0) is 13.0. The highest BCUT2D eigenvalue weighted by molar-refractivity contribution is 6.30. The maximum absolute atomic E-state index is 6.15. The number of halogens is 1. The van der Waals surface area contributed by atoms with Gasteiger partial charge in [-0.2, -0.15) is 0 Å². The second-order valence-electron chi connectivity index (χ2n) is 4.71. The van der Waals surface area contributed by atoms with Crippen LogP contribution in [0.1, 0.15) is 37.6 Å². The number of rotatable bonds is 4. The third-order valence-corrected chi connectivity index (χ3v) is 3.48. The summed E-state index contributed by atoms with van der Waals surface area (Å²) in [5.41, 5.74) is 0.919. The standard InChI is InChI=1S/C13H20ClN3O/c1-3-5-11-16-12(14)9(2)13(17-11)15-10-6-4-7-18-8-10/h10H,3-8H2,1-2H3,(H,15,16,17). The van der Waals surface area contributed by atoms with Crippen molar-refractivity contribution in [2.45, 2.75) is 45.6 Å². The molecular formula is C13H20ClN3O. The molecule has 0 saturated carbocycles. The number of ether oxygens (including phenoxy) is 1. The monoisotopic (exact) mass is 269 g/mol. The van der Waals surface area contributed by atoms with Crippen LogP contribution in [0, 0.1) is 6.92 Å². The van der Waals surface area contributed by atoms with E-state index in [9.17, 15) is 0 Å². The number of nitrogens with zero attached hydrogens (tertiary/aromatic N) is 2. The van der Waals surface area contributed by atoms with Gasteiger partial charge in [0.05, 0.1) is 12.6 Å². The van der Waals surface area contributed by atoms with E-state index in [0.29, 0.717) is 11.2 Å². The van der Waals surface area contributed by atoms with Crippen LogP contribution in [-0.2, 0) is 11.2 Å². The fraction of sp³-hybridized carbons (Fsp3) is 0.692. The Kier molecular flexibility index (Phi) is 4.78. The summed E-state index contributed by atoms with van der Waals surface area (Å²) in [7, 11) is 0. The Morgan fingerprint density at radius 2 is 2.28 bits per heavy atom. The van der Waals surface area contributed by atoms with E-state index in [1.165, 1.54) is 0 Å². The van der Waals surface area contributed by atoms with Crippen molar-refractivity contribution in [2.24, 2.45) is 0 Å². The highest BCUT2D eigenvalue weighted by atomic mass is 35.5. The number of hydrogen-bond donors (Lipinski definition) is 1. The highest BCUT2D eigenvalue weighted by Gasteiger charge is 2.17. The summed E-state index contributed by atoms with van der Waals surface area (Å²) in [6.45, 7) is 5.66. The van der Waals surface area contributed by atoms with Crippen LogP contribution in [0.25, 0.3) is 0 Å². The second-order valence-corrected chi connectivity index (χ2v) is 5.07. The molecular weight excluding hydrogens is 250 g/mol. The van der Waals surface area contributed by atoms with Gasteiger partial charge in [0.15, 0.2) is 0 Å². The average molecular weight is 270 g/mol. The van der Waals surface area contributed by atoms with Gasteiger partial charge in [0.2, 0.25) is 0 Å². The Labute approximate surface area is 113 Å². The van der Waals surface area contributed by atoms with Crippen molar-refractivity contribution in [3.63, 3.8) is 0 Å². The zero-order valence-electron chi connectivity index (χ0n) is 11.0. The predicted molar refractivity (Wildman–Crippen MR) is 73.2 cm³/mol. The maximum Gasteiger partial charge on any atom is 0.137 e. The fourth-order valence-corrected chi connectivity index (χ4v) is 2.24. The molecule has 1 aromatic rings. The lowest BCUT2D eigenvalue weighted by atomic mass is 10.1. The summed E-state index contributed by atoms with van der Waals surface area (Å²) >= 11 is 6.15. The van der Waals surface area contributed by atoms with E-state index in [1.807, 2.05) is 6.92 Å². The van der Waals surface area contributed by atoms with Gasteiger partial charge in [-0.1, -0.05) is 18.5 Å². The van der Waals surface area contributed by atoms with Gasteiger partial charge in [-0.15, -0.1) is 0 Å². The lowest BCUT2D eigenvalue weighted by Crippen LogP contribution is -2.30. The van der Waals surface area contributed by atoms with E-state index in [4.69, 9.17) is 16.3 Å². The molecule has 18 heavy (non-hydrogen) atoms. The molecule has 1 N–H and O–H groups in total. The van der Waals surface area contributed by atoms with Crippen LogP contribution >= 0.6 is 11.6 Å². The third kappa shape index (κ3) is 3.33. The largest absolute Gasteiger partial charge is 0.379 e. The molecule has 0 bridgehead atoms. The number of hydrogen-bond acceptors (Lipinski definition) is 4. The van der Waals surface area contributed by atoms with Crippen LogP contribution < -0.4 is 5.32 Å². The summed E-state index contributed by atoms with van der Waals surface area (Å²) in [5.74, 6) is 1.67. The van der Waals surface area contributed by atoms with E-state index in [0.717, 1.165) is 56.1 Å². The quantitative estimate of drug-likeness (QED) is 0.854. The van der Waals surface area contributed by atoms with Gasteiger partial charge < -0.3 is 10.1 Å². The molecule has 0 aromatic carbocycles. The van der Waals surface area contributed by atoms with Gasteiger partial charge in [0, 0.05) is 18.6 Å². The Morgan fingerprint density at radius 1 is 1.44 bits per heavy atom. The Hall–Kier alpha value is -0.870. The minimum absolute atomic E-state index is 0.331. The van der Waals surface area contributed by atoms with Crippen LogP contribution in [0.5, 0.6) is 0 Å². The van der Waals surface area contributed by atoms with Crippen LogP contribution in [0.15, 0.2) is 0 Å². The Bertz CT molecular complexity index is 405. The van der Waals surface area contributed by atoms with Crippen LogP contribution in [-0.4, -0.2) is 29.2 Å². The molecule has 1 aliphatic rings. The average Bonchev–Trinajstić information content (AvgIpc) is 2.37. The van der Waals surface area contributed by atoms with E-state index >= 15 is 0 Å². The first-order chi connectivity index (χ1) is 8.70. The van der Waals surface area contributed by atoms with Crippen LogP contribution in [0.4, 0.5) is 5.82 Å². The van der Waals surface area contributed by atoms with Crippen molar-refractivity contribution in [3.8, 4) is 0 Å². The summed E-state index contributed by atoms with van der Waals surface area (Å²) in [4.78, 5) is 8.85. The molecule has 1 aromatic heterocycles. The molecule has 0 radical (unpaired) electrons. The van der Waals surface area contributed by atoms with Crippen molar-refractivity contribution < 1.29 is 4.74 Å². The maximum atomic E-state index is 6.15. The lowest BCUT2D eigenvalue weighted by Gasteiger charge is -2.24. The first-order valence-corrected chi connectivity index (χ1v) is 6.95. The summed E-state index contributed by atoms with van der Waals surface area (Å²) in [6.07, 6.45) is 4.09. The van der Waals surface area contributed by atoms with Gasteiger partial charge in [-0.25, -0.2) is 9.97 Å². The molecule has 0 spiro atoms. The summed E-state index contributed by atoms with van der Waals surface area (Å²) in [6, 6.07) is 0.331. The van der Waals surface area contributed by atoms with Gasteiger partial charge >= 0.3 is 0 Å². The molecule has 2 heterocycles. The first kappa shape index (κ1) is 13.6. The number of aryl methyl sites for hydroxylation is 1. The van der Waals surface area contributed by atoms with Crippen molar-refractivity contribution in [2.75, 3.05) is 18.5 Å². The van der Waals surface area contributed by atoms with Crippen LogP contribution in [0.3, 0.4) is 0 Å². The molecule has 1 fully saturated rings. The van der Waals surface area contributed by atoms with E-state index in [2.05, 4.69) is 22.2 Å². The van der Waals surface area contributed by atoms with Crippen molar-refractivity contribution in [1.29, 1.82) is 0 Å². The molecule has 1 unspecified atom stereocenters. The van der Waals surface area contributed by atoms with E-state index in [-0.39, 0.29) is 0 Å². The molecule has 0 amide bonds. The third-order valence-electron chi connectivity index (χ3n) is 3.11. The number of aromatic nitrogens is 2. The van der Waals surface area contributed by atoms with E-state index in [1.54, 1.807) is 0 Å². The molecule has 5 heteroatoms. The second kappa shape index (κ2) is 6.34. The van der Waals surface area contributed by atoms with Crippen molar-refractivity contribution in [3.05, 3.63) is 16.5 Å². The molecule has 1 atom stereocenters. The zero-order valence-corrected chi connectivity index (χ0v) is 11.8. The minimum Gasteiger partial charge on any atom is -0.379 e. The molecule has 0 aliphatic carbocycles. The SMILES string of the molecule is CCCc1nc(Cl)c(C)c(NC2CCCOC2)n1. The van der Waals surface area contributed by atoms with E-state index < -0.39 is 0 Å². The number of nitrogens with one attached hydrogen (secondary N) is 1. The molecule has 2 rings (SSSR count). The topological polar surface area (TPSA) is 47.0 Å². The van der Waals surface area contributed by atoms with Gasteiger partial charge in [0.1, 0.15) is 16.8 Å². The van der Waals surface area contributed by atoms with Crippen molar-refractivity contribution >= 4 is 17.4 Å². The van der Waals surface area contributed by atoms with Gasteiger partial charge in [-0.05, 0) is 26.2 Å². The smallest absolute Gasteiger partial charge is 0.137 e. The Balaban J connectivity index is 2.14. The molecule has 1 aliphatic heterocycles.